The predicted molar refractivity (Wildman–Crippen MR) is 90.5 cm³/mol. The zero-order valence-electron chi connectivity index (χ0n) is 14.0. The third-order valence-corrected chi connectivity index (χ3v) is 4.95. The van der Waals surface area contributed by atoms with Crippen LogP contribution in [-0.2, 0) is 14.1 Å². The minimum atomic E-state index is -0.458. The molecule has 1 aromatic rings. The maximum atomic E-state index is 11.3. The Morgan fingerprint density at radius 2 is 1.95 bits per heavy atom. The maximum Gasteiger partial charge on any atom is 0.491 e. The molecule has 1 aliphatic heterocycles. The van der Waals surface area contributed by atoms with Crippen molar-refractivity contribution < 1.29 is 14.1 Å². The summed E-state index contributed by atoms with van der Waals surface area (Å²) in [7, 11) is -0.458. The molecule has 1 aliphatic rings. The number of aromatic nitrogens is 2. The lowest BCUT2D eigenvalue weighted by Crippen LogP contribution is -2.41. The van der Waals surface area contributed by atoms with E-state index in [2.05, 4.69) is 9.97 Å². The number of nitrogens with one attached hydrogen (secondary N) is 1. The average Bonchev–Trinajstić information content (AvgIpc) is 2.86. The van der Waals surface area contributed by atoms with Crippen LogP contribution in [0.3, 0.4) is 0 Å². The molecule has 0 atom stereocenters. The number of aryl methyl sites for hydroxylation is 1. The van der Waals surface area contributed by atoms with Crippen molar-refractivity contribution >= 4 is 30.1 Å². The van der Waals surface area contributed by atoms with Crippen molar-refractivity contribution in [3.05, 3.63) is 23.2 Å². The third-order valence-electron chi connectivity index (χ3n) is 4.06. The van der Waals surface area contributed by atoms with Gasteiger partial charge in [0.2, 0.25) is 0 Å². The molecule has 0 aromatic carbocycles. The van der Waals surface area contributed by atoms with Gasteiger partial charge in [-0.3, -0.25) is 4.79 Å². The molecule has 0 radical (unpaired) electrons. The fourth-order valence-electron chi connectivity index (χ4n) is 2.07. The van der Waals surface area contributed by atoms with Gasteiger partial charge in [-0.25, -0.2) is 4.98 Å². The molecule has 0 aliphatic carbocycles. The highest BCUT2D eigenvalue weighted by Gasteiger charge is 2.52. The molecule has 0 amide bonds. The highest BCUT2D eigenvalue weighted by molar-refractivity contribution is 8.13. The first-order valence-corrected chi connectivity index (χ1v) is 8.30. The summed E-state index contributed by atoms with van der Waals surface area (Å²) in [6.07, 6.45) is 3.72. The number of carbonyl (C=O) groups excluding carboxylic acids is 1. The second kappa shape index (κ2) is 6.22. The number of nitrogens with zero attached hydrogens (tertiary/aromatic N) is 1. The van der Waals surface area contributed by atoms with Gasteiger partial charge < -0.3 is 14.3 Å². The first kappa shape index (κ1) is 17.3. The zero-order valence-corrected chi connectivity index (χ0v) is 14.8. The average molecular weight is 322 g/mol. The van der Waals surface area contributed by atoms with Crippen molar-refractivity contribution in [1.29, 1.82) is 0 Å². The molecule has 1 N–H and O–H groups in total. The van der Waals surface area contributed by atoms with E-state index in [9.17, 15) is 4.79 Å². The fourth-order valence-corrected chi connectivity index (χ4v) is 2.66. The minimum Gasteiger partial charge on any atom is -0.400 e. The summed E-state index contributed by atoms with van der Waals surface area (Å²) < 4.78 is 12.2. The molecule has 0 unspecified atom stereocenters. The summed E-state index contributed by atoms with van der Waals surface area (Å²) in [5, 5.41) is 0.0724. The van der Waals surface area contributed by atoms with Gasteiger partial charge in [-0.05, 0) is 46.2 Å². The number of H-pyrrole nitrogens is 1. The number of aromatic amines is 1. The van der Waals surface area contributed by atoms with Crippen molar-refractivity contribution in [1.82, 2.24) is 9.97 Å². The molecule has 2 rings (SSSR count). The largest absolute Gasteiger partial charge is 0.491 e. The van der Waals surface area contributed by atoms with E-state index in [1.165, 1.54) is 11.8 Å². The molecule has 22 heavy (non-hydrogen) atoms. The maximum absolute atomic E-state index is 11.3. The van der Waals surface area contributed by atoms with Crippen molar-refractivity contribution in [2.75, 3.05) is 5.75 Å². The summed E-state index contributed by atoms with van der Waals surface area (Å²) in [6.45, 7) is 11.5. The van der Waals surface area contributed by atoms with Crippen LogP contribution in [-0.4, -0.2) is 39.2 Å². The molecule has 1 aromatic heterocycles. The molecule has 0 bridgehead atoms. The van der Waals surface area contributed by atoms with Crippen LogP contribution in [0, 0.1) is 6.92 Å². The van der Waals surface area contributed by atoms with Crippen molar-refractivity contribution in [2.24, 2.45) is 0 Å². The first-order chi connectivity index (χ1) is 10.1. The second-order valence-electron chi connectivity index (χ2n) is 6.51. The summed E-state index contributed by atoms with van der Waals surface area (Å²) in [6, 6.07) is 0. The number of hydrogen-bond acceptors (Lipinski definition) is 5. The van der Waals surface area contributed by atoms with Crippen molar-refractivity contribution in [3.8, 4) is 0 Å². The second-order valence-corrected chi connectivity index (χ2v) is 7.66. The van der Waals surface area contributed by atoms with Crippen LogP contribution >= 0.6 is 11.8 Å². The third kappa shape index (κ3) is 3.83. The van der Waals surface area contributed by atoms with Crippen molar-refractivity contribution in [3.63, 3.8) is 0 Å². The van der Waals surface area contributed by atoms with Gasteiger partial charge in [-0.1, -0.05) is 11.8 Å². The van der Waals surface area contributed by atoms with Gasteiger partial charge in [0.25, 0.3) is 0 Å². The fraction of sp³-hybridized carbons (Fsp3) is 0.600. The summed E-state index contributed by atoms with van der Waals surface area (Å²) in [4.78, 5) is 18.7. The Kier molecular flexibility index (Phi) is 4.89. The summed E-state index contributed by atoms with van der Waals surface area (Å²) >= 11 is 1.25. The van der Waals surface area contributed by atoms with E-state index in [4.69, 9.17) is 9.31 Å². The Hall–Kier alpha value is -1.05. The van der Waals surface area contributed by atoms with E-state index in [0.29, 0.717) is 5.75 Å². The molecular weight excluding hydrogens is 299 g/mol. The Balaban J connectivity index is 2.25. The van der Waals surface area contributed by atoms with Crippen LogP contribution in [0.4, 0.5) is 0 Å². The topological polar surface area (TPSA) is 64.2 Å². The number of thioether (sulfide) groups is 1. The van der Waals surface area contributed by atoms with Gasteiger partial charge in [-0.2, -0.15) is 0 Å². The van der Waals surface area contributed by atoms with Gasteiger partial charge in [0, 0.05) is 12.7 Å². The normalized spacial score (nSPS) is 20.5. The standard InChI is InChI=1S/C15H23BN2O3S/c1-10-17-8-13(18-10)7-12(9-22-11(2)19)16-20-14(3,4)15(5,6)21-16/h7-8H,9H2,1-6H3,(H,17,18). The van der Waals surface area contributed by atoms with E-state index >= 15 is 0 Å². The van der Waals surface area contributed by atoms with E-state index in [1.807, 2.05) is 40.7 Å². The molecule has 2 heterocycles. The van der Waals surface area contributed by atoms with Crippen LogP contribution in [0.5, 0.6) is 0 Å². The van der Waals surface area contributed by atoms with Crippen LogP contribution in [0.25, 0.3) is 6.08 Å². The molecule has 1 fully saturated rings. The van der Waals surface area contributed by atoms with E-state index < -0.39 is 18.3 Å². The van der Waals surface area contributed by atoms with Gasteiger partial charge in [0.15, 0.2) is 5.12 Å². The molecule has 0 spiro atoms. The number of carbonyl (C=O) groups is 1. The Labute approximate surface area is 136 Å². The quantitative estimate of drug-likeness (QED) is 0.863. The van der Waals surface area contributed by atoms with E-state index in [-0.39, 0.29) is 5.12 Å². The predicted octanol–water partition coefficient (Wildman–Crippen LogP) is 3.01. The molecule has 0 saturated carbocycles. The van der Waals surface area contributed by atoms with Gasteiger partial charge in [-0.15, -0.1) is 0 Å². The molecule has 120 valence electrons. The number of rotatable bonds is 4. The number of imidazole rings is 1. The monoisotopic (exact) mass is 322 g/mol. The molecule has 7 heteroatoms. The van der Waals surface area contributed by atoms with Crippen LogP contribution in [0.15, 0.2) is 11.7 Å². The van der Waals surface area contributed by atoms with E-state index in [1.54, 1.807) is 13.1 Å². The van der Waals surface area contributed by atoms with E-state index in [0.717, 1.165) is 17.0 Å². The molecule has 5 nitrogen and oxygen atoms in total. The Morgan fingerprint density at radius 1 is 1.36 bits per heavy atom. The Morgan fingerprint density at radius 3 is 2.41 bits per heavy atom. The van der Waals surface area contributed by atoms with Crippen LogP contribution in [0.1, 0.15) is 46.1 Å². The summed E-state index contributed by atoms with van der Waals surface area (Å²) in [5.41, 5.74) is 0.997. The lowest BCUT2D eigenvalue weighted by molar-refractivity contribution is -0.109. The molecule has 1 saturated heterocycles. The summed E-state index contributed by atoms with van der Waals surface area (Å²) in [5.74, 6) is 1.38. The molecular formula is C15H23BN2O3S. The smallest absolute Gasteiger partial charge is 0.400 e. The zero-order chi connectivity index (χ0) is 16.5. The van der Waals surface area contributed by atoms with Crippen LogP contribution in [0.2, 0.25) is 0 Å². The SMILES string of the molecule is CC(=O)SCC(=Cc1cnc(C)[nH]1)B1OC(C)(C)C(C)(C)O1. The van der Waals surface area contributed by atoms with Gasteiger partial charge in [0.1, 0.15) is 5.82 Å². The Bertz CT molecular complexity index is 579. The minimum absolute atomic E-state index is 0.0724. The highest BCUT2D eigenvalue weighted by Crippen LogP contribution is 2.39. The van der Waals surface area contributed by atoms with Gasteiger partial charge >= 0.3 is 7.12 Å². The van der Waals surface area contributed by atoms with Crippen LogP contribution < -0.4 is 0 Å². The lowest BCUT2D eigenvalue weighted by atomic mass is 9.78. The highest BCUT2D eigenvalue weighted by atomic mass is 32.2. The lowest BCUT2D eigenvalue weighted by Gasteiger charge is -2.32. The van der Waals surface area contributed by atoms with Crippen molar-refractivity contribution in [2.45, 2.75) is 52.7 Å². The first-order valence-electron chi connectivity index (χ1n) is 7.32. The number of hydrogen-bond donors (Lipinski definition) is 1. The van der Waals surface area contributed by atoms with Gasteiger partial charge in [0.05, 0.1) is 23.1 Å².